The van der Waals surface area contributed by atoms with Crippen molar-refractivity contribution in [1.82, 2.24) is 24.8 Å². The van der Waals surface area contributed by atoms with Gasteiger partial charge in [-0.25, -0.2) is 15.0 Å². The molecule has 1 aromatic carbocycles. The number of aromatic nitrogens is 4. The van der Waals surface area contributed by atoms with Crippen LogP contribution in [0, 0.1) is 0 Å². The maximum Gasteiger partial charge on any atom is 0.417 e. The molecule has 0 saturated heterocycles. The lowest BCUT2D eigenvalue weighted by molar-refractivity contribution is -0.137. The molecule has 2 aromatic heterocycles. The number of nitrogens with two attached hydrogens (primary N) is 1. The van der Waals surface area contributed by atoms with E-state index in [4.69, 9.17) is 17.3 Å². The second kappa shape index (κ2) is 8.39. The number of benzene rings is 1. The van der Waals surface area contributed by atoms with Gasteiger partial charge in [0.2, 0.25) is 0 Å². The lowest BCUT2D eigenvalue weighted by Crippen LogP contribution is -2.19. The number of nitrogens with zero attached hydrogens (tertiary/aromatic N) is 4. The van der Waals surface area contributed by atoms with Crippen molar-refractivity contribution in [1.29, 1.82) is 0 Å². The summed E-state index contributed by atoms with van der Waals surface area (Å²) in [6.07, 6.45) is 2.41. The fourth-order valence-corrected chi connectivity index (χ4v) is 4.10. The van der Waals surface area contributed by atoms with E-state index in [1.54, 1.807) is 12.4 Å². The van der Waals surface area contributed by atoms with E-state index < -0.39 is 11.7 Å². The van der Waals surface area contributed by atoms with Crippen molar-refractivity contribution in [2.75, 3.05) is 12.3 Å². The quantitative estimate of drug-likeness (QED) is 0.553. The molecule has 1 saturated carbocycles. The molecule has 3 aromatic rings. The molecule has 2 heterocycles. The second-order valence-electron chi connectivity index (χ2n) is 7.53. The highest BCUT2D eigenvalue weighted by Gasteiger charge is 2.33. The average molecular weight is 439 g/mol. The van der Waals surface area contributed by atoms with Gasteiger partial charge < -0.3 is 15.6 Å². The van der Waals surface area contributed by atoms with E-state index in [1.165, 1.54) is 18.9 Å². The highest BCUT2D eigenvalue weighted by Crippen LogP contribution is 2.35. The van der Waals surface area contributed by atoms with Gasteiger partial charge in [0, 0.05) is 25.6 Å². The topological polar surface area (TPSA) is 81.7 Å². The maximum absolute atomic E-state index is 13.0. The molecule has 0 spiro atoms. The Morgan fingerprint density at radius 1 is 1.20 bits per heavy atom. The molecule has 30 heavy (non-hydrogen) atoms. The Hall–Kier alpha value is -2.39. The molecule has 0 atom stereocenters. The Bertz CT molecular complexity index is 1040. The van der Waals surface area contributed by atoms with Gasteiger partial charge in [-0.15, -0.1) is 0 Å². The molecule has 0 aliphatic heterocycles. The zero-order valence-corrected chi connectivity index (χ0v) is 17.0. The number of hydrogen-bond donors (Lipinski definition) is 2. The fraction of sp³-hybridized carbons (Fsp3) is 0.450. The minimum atomic E-state index is -4.48. The van der Waals surface area contributed by atoms with Crippen LogP contribution >= 0.6 is 11.6 Å². The predicted octanol–water partition coefficient (Wildman–Crippen LogP) is 4.53. The molecule has 1 fully saturated rings. The number of hydrogen-bond acceptors (Lipinski definition) is 5. The third-order valence-corrected chi connectivity index (χ3v) is 5.73. The van der Waals surface area contributed by atoms with Crippen molar-refractivity contribution in [3.8, 4) is 0 Å². The Kier molecular flexibility index (Phi) is 5.84. The van der Waals surface area contributed by atoms with Crippen LogP contribution < -0.4 is 11.1 Å². The van der Waals surface area contributed by atoms with Crippen molar-refractivity contribution in [3.63, 3.8) is 0 Å². The summed E-state index contributed by atoms with van der Waals surface area (Å²) in [5, 5.41) is 2.82. The number of rotatable bonds is 6. The molecule has 6 nitrogen and oxygen atoms in total. The standard InChI is InChI=1S/C20H22ClF3N6/c21-15-6-5-12(9-14(15)20(22,23)24)10-26-8-7-16-28-18(25)17-19(29-16)30(11-27-17)13-3-1-2-4-13/h5-6,9,11,13,26H,1-4,7-8,10H2,(H2,25,28,29). The number of alkyl halides is 3. The second-order valence-corrected chi connectivity index (χ2v) is 7.93. The molecule has 3 N–H and O–H groups in total. The largest absolute Gasteiger partial charge is 0.417 e. The summed E-state index contributed by atoms with van der Waals surface area (Å²) >= 11 is 5.66. The number of nitrogen functional groups attached to an aromatic ring is 1. The van der Waals surface area contributed by atoms with Gasteiger partial charge >= 0.3 is 6.18 Å². The van der Waals surface area contributed by atoms with Gasteiger partial charge in [0.15, 0.2) is 11.5 Å². The average Bonchev–Trinajstić information content (AvgIpc) is 3.35. The summed E-state index contributed by atoms with van der Waals surface area (Å²) < 4.78 is 41.0. The van der Waals surface area contributed by atoms with E-state index in [2.05, 4.69) is 24.8 Å². The van der Waals surface area contributed by atoms with Gasteiger partial charge in [-0.3, -0.25) is 0 Å². The van der Waals surface area contributed by atoms with E-state index in [1.807, 2.05) is 0 Å². The van der Waals surface area contributed by atoms with Crippen LogP contribution in [0.4, 0.5) is 19.0 Å². The van der Waals surface area contributed by atoms with E-state index >= 15 is 0 Å². The zero-order valence-electron chi connectivity index (χ0n) is 16.2. The van der Waals surface area contributed by atoms with Crippen LogP contribution in [0.5, 0.6) is 0 Å². The highest BCUT2D eigenvalue weighted by atomic mass is 35.5. The summed E-state index contributed by atoms with van der Waals surface area (Å²) in [6.45, 7) is 0.768. The molecular weight excluding hydrogens is 417 g/mol. The van der Waals surface area contributed by atoms with Crippen molar-refractivity contribution in [2.24, 2.45) is 0 Å². The Balaban J connectivity index is 1.41. The Labute approximate surface area is 176 Å². The first-order valence-electron chi connectivity index (χ1n) is 9.88. The molecule has 10 heteroatoms. The normalized spacial score (nSPS) is 15.3. The van der Waals surface area contributed by atoms with E-state index in [0.717, 1.165) is 24.6 Å². The third-order valence-electron chi connectivity index (χ3n) is 5.40. The number of imidazole rings is 1. The lowest BCUT2D eigenvalue weighted by atomic mass is 10.1. The summed E-state index contributed by atoms with van der Waals surface area (Å²) in [5.41, 5.74) is 7.10. The number of halogens is 4. The zero-order chi connectivity index (χ0) is 21.3. The molecule has 0 amide bonds. The number of anilines is 1. The van der Waals surface area contributed by atoms with Crippen LogP contribution in [0.25, 0.3) is 11.2 Å². The van der Waals surface area contributed by atoms with Crippen molar-refractivity contribution >= 4 is 28.6 Å². The van der Waals surface area contributed by atoms with Crippen LogP contribution in [0.2, 0.25) is 5.02 Å². The van der Waals surface area contributed by atoms with Crippen molar-refractivity contribution in [2.45, 2.75) is 50.9 Å². The molecule has 1 aliphatic carbocycles. The van der Waals surface area contributed by atoms with E-state index in [9.17, 15) is 13.2 Å². The molecular formula is C20H22ClF3N6. The minimum Gasteiger partial charge on any atom is -0.382 e. The van der Waals surface area contributed by atoms with Gasteiger partial charge in [0.05, 0.1) is 16.9 Å². The van der Waals surface area contributed by atoms with E-state index in [0.29, 0.717) is 41.7 Å². The minimum absolute atomic E-state index is 0.276. The van der Waals surface area contributed by atoms with Crippen LogP contribution in [-0.4, -0.2) is 26.1 Å². The van der Waals surface area contributed by atoms with Gasteiger partial charge in [0.1, 0.15) is 11.3 Å². The summed E-state index contributed by atoms with van der Waals surface area (Å²) in [7, 11) is 0. The van der Waals surface area contributed by atoms with Gasteiger partial charge in [-0.1, -0.05) is 30.5 Å². The molecule has 0 unspecified atom stereocenters. The summed E-state index contributed by atoms with van der Waals surface area (Å²) in [5.74, 6) is 0.929. The van der Waals surface area contributed by atoms with Gasteiger partial charge in [-0.2, -0.15) is 13.2 Å². The smallest absolute Gasteiger partial charge is 0.382 e. The number of nitrogens with one attached hydrogen (secondary N) is 1. The Morgan fingerprint density at radius 2 is 1.97 bits per heavy atom. The molecule has 160 valence electrons. The predicted molar refractivity (Wildman–Crippen MR) is 109 cm³/mol. The molecule has 1 aliphatic rings. The SMILES string of the molecule is Nc1nc(CCNCc2ccc(Cl)c(C(F)(F)F)c2)nc2c1ncn2C1CCCC1. The van der Waals surface area contributed by atoms with Crippen LogP contribution in [0.1, 0.15) is 48.7 Å². The molecule has 0 radical (unpaired) electrons. The fourth-order valence-electron chi connectivity index (χ4n) is 3.88. The third kappa shape index (κ3) is 4.37. The van der Waals surface area contributed by atoms with Crippen LogP contribution in [0.3, 0.4) is 0 Å². The van der Waals surface area contributed by atoms with Crippen LogP contribution in [0.15, 0.2) is 24.5 Å². The van der Waals surface area contributed by atoms with Crippen molar-refractivity contribution in [3.05, 3.63) is 46.5 Å². The summed E-state index contributed by atoms with van der Waals surface area (Å²) in [6, 6.07) is 4.30. The van der Waals surface area contributed by atoms with Crippen LogP contribution in [-0.2, 0) is 19.1 Å². The molecule has 0 bridgehead atoms. The maximum atomic E-state index is 13.0. The molecule has 4 rings (SSSR count). The summed E-state index contributed by atoms with van der Waals surface area (Å²) in [4.78, 5) is 13.3. The first-order valence-corrected chi connectivity index (χ1v) is 10.3. The Morgan fingerprint density at radius 3 is 2.70 bits per heavy atom. The first kappa shape index (κ1) is 20.9. The van der Waals surface area contributed by atoms with Gasteiger partial charge in [0.25, 0.3) is 0 Å². The van der Waals surface area contributed by atoms with Gasteiger partial charge in [-0.05, 0) is 30.5 Å². The monoisotopic (exact) mass is 438 g/mol. The lowest BCUT2D eigenvalue weighted by Gasteiger charge is -2.12. The van der Waals surface area contributed by atoms with Crippen molar-refractivity contribution < 1.29 is 13.2 Å². The number of fused-ring (bicyclic) bond motifs is 1. The highest BCUT2D eigenvalue weighted by molar-refractivity contribution is 6.31. The van der Waals surface area contributed by atoms with E-state index in [-0.39, 0.29) is 11.6 Å². The first-order chi connectivity index (χ1) is 14.3.